The summed E-state index contributed by atoms with van der Waals surface area (Å²) < 4.78 is 28.3. The molecule has 1 heterocycles. The van der Waals surface area contributed by atoms with Crippen molar-refractivity contribution in [2.24, 2.45) is 0 Å². The number of anilines is 3. The van der Waals surface area contributed by atoms with Crippen LogP contribution in [0.5, 0.6) is 0 Å². The van der Waals surface area contributed by atoms with E-state index in [2.05, 4.69) is 9.71 Å². The first-order valence-electron chi connectivity index (χ1n) is 9.22. The van der Waals surface area contributed by atoms with E-state index in [-0.39, 0.29) is 10.6 Å². The average molecular weight is 441 g/mol. The molecule has 8 heteroatoms. The van der Waals surface area contributed by atoms with Gasteiger partial charge in [-0.1, -0.05) is 29.8 Å². The molecule has 0 saturated heterocycles. The Labute approximate surface area is 179 Å². The van der Waals surface area contributed by atoms with Crippen LogP contribution in [0, 0.1) is 13.8 Å². The zero-order chi connectivity index (χ0) is 21.6. The molecule has 4 rings (SSSR count). The molecule has 0 aliphatic rings. The van der Waals surface area contributed by atoms with Gasteiger partial charge in [-0.3, -0.25) is 4.72 Å². The second-order valence-corrected chi connectivity index (χ2v) is 9.34. The van der Waals surface area contributed by atoms with Gasteiger partial charge in [-0.25, -0.2) is 8.42 Å². The Balaban J connectivity index is 1.66. The SMILES string of the molecule is Cc1cc(N)c(N)cc1S(=O)(=O)Nc1ccc(-c2ccc3c(C)c[nH]c3c2)c(Cl)c1. The van der Waals surface area contributed by atoms with Crippen LogP contribution in [0.1, 0.15) is 11.1 Å². The molecule has 0 unspecified atom stereocenters. The number of nitrogens with two attached hydrogens (primary N) is 2. The second-order valence-electron chi connectivity index (χ2n) is 7.28. The molecule has 6 N–H and O–H groups in total. The summed E-state index contributed by atoms with van der Waals surface area (Å²) in [5, 5.41) is 1.59. The van der Waals surface area contributed by atoms with E-state index >= 15 is 0 Å². The summed E-state index contributed by atoms with van der Waals surface area (Å²) in [4.78, 5) is 3.31. The molecule has 3 aromatic carbocycles. The van der Waals surface area contributed by atoms with Crippen molar-refractivity contribution in [1.29, 1.82) is 0 Å². The fourth-order valence-electron chi connectivity index (χ4n) is 3.48. The molecule has 0 fully saturated rings. The van der Waals surface area contributed by atoms with Gasteiger partial charge in [0.1, 0.15) is 0 Å². The molecule has 0 atom stereocenters. The topological polar surface area (TPSA) is 114 Å². The van der Waals surface area contributed by atoms with Gasteiger partial charge in [0.25, 0.3) is 10.0 Å². The molecule has 0 saturated carbocycles. The Hall–Kier alpha value is -3.16. The minimum atomic E-state index is -3.85. The van der Waals surface area contributed by atoms with Gasteiger partial charge in [0.2, 0.25) is 0 Å². The number of nitrogens with one attached hydrogen (secondary N) is 2. The number of aryl methyl sites for hydroxylation is 2. The number of nitrogen functional groups attached to an aromatic ring is 2. The predicted molar refractivity (Wildman–Crippen MR) is 124 cm³/mol. The van der Waals surface area contributed by atoms with Gasteiger partial charge >= 0.3 is 0 Å². The molecule has 0 spiro atoms. The van der Waals surface area contributed by atoms with E-state index in [0.29, 0.717) is 22.0 Å². The number of rotatable bonds is 4. The van der Waals surface area contributed by atoms with E-state index in [0.717, 1.165) is 22.0 Å². The smallest absolute Gasteiger partial charge is 0.262 e. The molecule has 30 heavy (non-hydrogen) atoms. The third kappa shape index (κ3) is 3.58. The Morgan fingerprint density at radius 3 is 2.40 bits per heavy atom. The molecule has 1 aromatic heterocycles. The summed E-state index contributed by atoms with van der Waals surface area (Å²) in [6, 6.07) is 14.0. The van der Waals surface area contributed by atoms with Crippen LogP contribution < -0.4 is 16.2 Å². The van der Waals surface area contributed by atoms with Crippen LogP contribution in [0.2, 0.25) is 5.02 Å². The first kappa shape index (κ1) is 20.1. The van der Waals surface area contributed by atoms with E-state index < -0.39 is 10.0 Å². The van der Waals surface area contributed by atoms with Gasteiger partial charge in [-0.15, -0.1) is 0 Å². The summed E-state index contributed by atoms with van der Waals surface area (Å²) in [5.41, 5.74) is 16.9. The predicted octanol–water partition coefficient (Wildman–Crippen LogP) is 5.07. The van der Waals surface area contributed by atoms with E-state index in [9.17, 15) is 8.42 Å². The molecule has 0 bridgehead atoms. The van der Waals surface area contributed by atoms with Gasteiger partial charge in [0, 0.05) is 22.7 Å². The number of benzene rings is 3. The van der Waals surface area contributed by atoms with Crippen LogP contribution in [0.25, 0.3) is 22.0 Å². The molecular formula is C22H21ClN4O2S. The molecule has 4 aromatic rings. The molecule has 0 radical (unpaired) electrons. The number of aromatic nitrogens is 1. The first-order chi connectivity index (χ1) is 14.2. The lowest BCUT2D eigenvalue weighted by atomic mass is 10.0. The largest absolute Gasteiger partial charge is 0.397 e. The van der Waals surface area contributed by atoms with Gasteiger partial charge in [0.05, 0.1) is 27.0 Å². The van der Waals surface area contributed by atoms with E-state index in [1.165, 1.54) is 11.6 Å². The number of aromatic amines is 1. The summed E-state index contributed by atoms with van der Waals surface area (Å²) in [7, 11) is -3.85. The van der Waals surface area contributed by atoms with Gasteiger partial charge < -0.3 is 16.5 Å². The molecular weight excluding hydrogens is 420 g/mol. The second kappa shape index (κ2) is 7.27. The Bertz CT molecular complexity index is 1390. The van der Waals surface area contributed by atoms with Crippen molar-refractivity contribution in [3.63, 3.8) is 0 Å². The lowest BCUT2D eigenvalue weighted by Gasteiger charge is -2.13. The lowest BCUT2D eigenvalue weighted by Crippen LogP contribution is -2.15. The van der Waals surface area contributed by atoms with Crippen molar-refractivity contribution in [2.45, 2.75) is 18.7 Å². The normalized spacial score (nSPS) is 11.7. The minimum Gasteiger partial charge on any atom is -0.397 e. The lowest BCUT2D eigenvalue weighted by molar-refractivity contribution is 0.600. The number of hydrogen-bond acceptors (Lipinski definition) is 4. The zero-order valence-corrected chi connectivity index (χ0v) is 18.0. The summed E-state index contributed by atoms with van der Waals surface area (Å²) in [6.07, 6.45) is 1.96. The Morgan fingerprint density at radius 2 is 1.67 bits per heavy atom. The maximum Gasteiger partial charge on any atom is 0.262 e. The summed E-state index contributed by atoms with van der Waals surface area (Å²) in [5.74, 6) is 0. The van der Waals surface area contributed by atoms with Crippen molar-refractivity contribution >= 4 is 49.6 Å². The molecule has 0 amide bonds. The van der Waals surface area contributed by atoms with Crippen LogP contribution >= 0.6 is 11.6 Å². The van der Waals surface area contributed by atoms with Crippen LogP contribution in [-0.2, 0) is 10.0 Å². The van der Waals surface area contributed by atoms with E-state index in [1.807, 2.05) is 31.3 Å². The number of hydrogen-bond donors (Lipinski definition) is 4. The number of H-pyrrole nitrogens is 1. The highest BCUT2D eigenvalue weighted by Gasteiger charge is 2.19. The van der Waals surface area contributed by atoms with Crippen molar-refractivity contribution in [2.75, 3.05) is 16.2 Å². The van der Waals surface area contributed by atoms with Crippen LogP contribution in [0.3, 0.4) is 0 Å². The highest BCUT2D eigenvalue weighted by atomic mass is 35.5. The highest BCUT2D eigenvalue weighted by Crippen LogP contribution is 2.34. The summed E-state index contributed by atoms with van der Waals surface area (Å²) >= 11 is 6.49. The van der Waals surface area contributed by atoms with E-state index in [1.54, 1.807) is 31.2 Å². The maximum absolute atomic E-state index is 12.8. The van der Waals surface area contributed by atoms with E-state index in [4.69, 9.17) is 23.1 Å². The molecule has 6 nitrogen and oxygen atoms in total. The standard InChI is InChI=1S/C22H21ClN4O2S/c1-12-7-19(24)20(25)10-22(12)30(28,29)27-15-4-6-17(18(23)9-15)14-3-5-16-13(2)11-26-21(16)8-14/h3-11,26-27H,24-25H2,1-2H3. The van der Waals surface area contributed by atoms with Crippen molar-refractivity contribution < 1.29 is 8.42 Å². The quantitative estimate of drug-likeness (QED) is 0.331. The molecule has 0 aliphatic carbocycles. The first-order valence-corrected chi connectivity index (χ1v) is 11.1. The number of sulfonamides is 1. The van der Waals surface area contributed by atoms with Gasteiger partial charge in [-0.2, -0.15) is 0 Å². The Morgan fingerprint density at radius 1 is 0.933 bits per heavy atom. The van der Waals surface area contributed by atoms with Crippen molar-refractivity contribution in [1.82, 2.24) is 4.98 Å². The van der Waals surface area contributed by atoms with Crippen molar-refractivity contribution in [3.05, 3.63) is 70.9 Å². The molecule has 154 valence electrons. The number of fused-ring (bicyclic) bond motifs is 1. The van der Waals surface area contributed by atoms with Crippen LogP contribution in [-0.4, -0.2) is 13.4 Å². The summed E-state index contributed by atoms with van der Waals surface area (Å²) in [6.45, 7) is 3.71. The monoisotopic (exact) mass is 440 g/mol. The van der Waals surface area contributed by atoms with Crippen LogP contribution in [0.15, 0.2) is 59.6 Å². The highest BCUT2D eigenvalue weighted by molar-refractivity contribution is 7.92. The molecule has 0 aliphatic heterocycles. The van der Waals surface area contributed by atoms with Crippen LogP contribution in [0.4, 0.5) is 17.1 Å². The third-order valence-corrected chi connectivity index (χ3v) is 6.93. The van der Waals surface area contributed by atoms with Gasteiger partial charge in [0.15, 0.2) is 0 Å². The fraction of sp³-hybridized carbons (Fsp3) is 0.0909. The fourth-order valence-corrected chi connectivity index (χ4v) is 5.08. The Kier molecular flexibility index (Phi) is 4.88. The third-order valence-electron chi connectivity index (χ3n) is 5.09. The van der Waals surface area contributed by atoms with Gasteiger partial charge in [-0.05, 0) is 60.9 Å². The zero-order valence-electron chi connectivity index (χ0n) is 16.5. The number of halogens is 1. The minimum absolute atomic E-state index is 0.0713. The average Bonchev–Trinajstić information content (AvgIpc) is 3.04. The van der Waals surface area contributed by atoms with Crippen molar-refractivity contribution in [3.8, 4) is 11.1 Å². The maximum atomic E-state index is 12.8.